The van der Waals surface area contributed by atoms with E-state index in [-0.39, 0.29) is 0 Å². The van der Waals surface area contributed by atoms with Crippen molar-refractivity contribution in [2.75, 3.05) is 5.75 Å². The van der Waals surface area contributed by atoms with E-state index in [1.165, 1.54) is 12.8 Å². The smallest absolute Gasteiger partial charge is 0.240 e. The number of hydrogen-bond donors (Lipinski definition) is 1. The van der Waals surface area contributed by atoms with Crippen LogP contribution in [0.2, 0.25) is 0 Å². The molecule has 1 aliphatic carbocycles. The number of aromatic nitrogens is 2. The molecule has 0 amide bonds. The molecular formula is C11H19N3OS. The lowest BCUT2D eigenvalue weighted by Gasteiger charge is -2.00. The van der Waals surface area contributed by atoms with Gasteiger partial charge >= 0.3 is 0 Å². The minimum Gasteiger partial charge on any atom is -0.338 e. The summed E-state index contributed by atoms with van der Waals surface area (Å²) in [7, 11) is 0. The predicted octanol–water partition coefficient (Wildman–Crippen LogP) is 2.21. The molecule has 5 heteroatoms. The molecule has 1 aliphatic rings. The van der Waals surface area contributed by atoms with E-state index >= 15 is 0 Å². The molecule has 1 aromatic heterocycles. The maximum Gasteiger partial charge on any atom is 0.240 e. The molecule has 1 fully saturated rings. The average Bonchev–Trinajstić information content (AvgIpc) is 2.96. The van der Waals surface area contributed by atoms with Gasteiger partial charge in [0.05, 0.1) is 12.3 Å². The van der Waals surface area contributed by atoms with Crippen LogP contribution in [-0.4, -0.2) is 21.9 Å². The van der Waals surface area contributed by atoms with E-state index in [0.29, 0.717) is 24.4 Å². The molecule has 90 valence electrons. The third-order valence-electron chi connectivity index (χ3n) is 2.31. The van der Waals surface area contributed by atoms with E-state index in [9.17, 15) is 0 Å². The second kappa shape index (κ2) is 5.68. The van der Waals surface area contributed by atoms with E-state index in [0.717, 1.165) is 17.3 Å². The van der Waals surface area contributed by atoms with E-state index in [2.05, 4.69) is 29.3 Å². The molecule has 0 aliphatic heterocycles. The van der Waals surface area contributed by atoms with Crippen LogP contribution >= 0.6 is 11.8 Å². The van der Waals surface area contributed by atoms with Crippen LogP contribution in [-0.2, 0) is 12.3 Å². The molecule has 16 heavy (non-hydrogen) atoms. The first kappa shape index (κ1) is 11.9. The standard InChI is InChI=1S/C11H19N3OS/c1-8(2)6-16-7-10-13-11(15-14-10)5-12-9-3-4-9/h8-9,12H,3-7H2,1-2H3. The Kier molecular flexibility index (Phi) is 4.23. The largest absolute Gasteiger partial charge is 0.338 e. The molecule has 0 saturated heterocycles. The Morgan fingerprint density at radius 2 is 2.31 bits per heavy atom. The van der Waals surface area contributed by atoms with E-state index < -0.39 is 0 Å². The Bertz CT molecular complexity index is 323. The van der Waals surface area contributed by atoms with Crippen molar-refractivity contribution in [2.45, 2.75) is 45.0 Å². The minimum atomic E-state index is 0.686. The summed E-state index contributed by atoms with van der Waals surface area (Å²) >= 11 is 1.86. The van der Waals surface area contributed by atoms with Crippen molar-refractivity contribution in [3.63, 3.8) is 0 Å². The zero-order chi connectivity index (χ0) is 11.4. The van der Waals surface area contributed by atoms with Crippen LogP contribution in [0.5, 0.6) is 0 Å². The molecule has 0 spiro atoms. The zero-order valence-electron chi connectivity index (χ0n) is 9.90. The summed E-state index contributed by atoms with van der Waals surface area (Å²) in [5.74, 6) is 4.24. The van der Waals surface area contributed by atoms with Gasteiger partial charge in [-0.1, -0.05) is 19.0 Å². The molecule has 1 N–H and O–H groups in total. The van der Waals surface area contributed by atoms with E-state index in [1.54, 1.807) is 0 Å². The van der Waals surface area contributed by atoms with Crippen LogP contribution in [0.1, 0.15) is 38.4 Å². The zero-order valence-corrected chi connectivity index (χ0v) is 10.7. The minimum absolute atomic E-state index is 0.686. The van der Waals surface area contributed by atoms with Crippen molar-refractivity contribution in [3.8, 4) is 0 Å². The summed E-state index contributed by atoms with van der Waals surface area (Å²) in [6.07, 6.45) is 2.57. The number of hydrogen-bond acceptors (Lipinski definition) is 5. The third kappa shape index (κ3) is 4.14. The summed E-state index contributed by atoms with van der Waals surface area (Å²) in [5, 5.41) is 7.32. The first-order chi connectivity index (χ1) is 7.74. The highest BCUT2D eigenvalue weighted by molar-refractivity contribution is 7.98. The number of rotatable bonds is 7. The maximum absolute atomic E-state index is 5.16. The Morgan fingerprint density at radius 1 is 1.50 bits per heavy atom. The van der Waals surface area contributed by atoms with Crippen LogP contribution in [0.4, 0.5) is 0 Å². The van der Waals surface area contributed by atoms with E-state index in [4.69, 9.17) is 4.52 Å². The molecule has 1 heterocycles. The highest BCUT2D eigenvalue weighted by atomic mass is 32.2. The van der Waals surface area contributed by atoms with Crippen molar-refractivity contribution in [2.24, 2.45) is 5.92 Å². The third-order valence-corrected chi connectivity index (χ3v) is 3.68. The van der Waals surface area contributed by atoms with Crippen molar-refractivity contribution < 1.29 is 4.52 Å². The summed E-state index contributed by atoms with van der Waals surface area (Å²) in [6, 6.07) is 0.686. The molecule has 0 aromatic carbocycles. The normalized spacial score (nSPS) is 15.9. The quantitative estimate of drug-likeness (QED) is 0.793. The molecule has 1 aromatic rings. The summed E-state index contributed by atoms with van der Waals surface area (Å²) in [5.41, 5.74) is 0. The topological polar surface area (TPSA) is 51.0 Å². The van der Waals surface area contributed by atoms with E-state index in [1.807, 2.05) is 11.8 Å². The number of nitrogens with zero attached hydrogens (tertiary/aromatic N) is 2. The monoisotopic (exact) mass is 241 g/mol. The summed E-state index contributed by atoms with van der Waals surface area (Å²) in [4.78, 5) is 4.35. The van der Waals surface area contributed by atoms with Crippen LogP contribution in [0.3, 0.4) is 0 Å². The van der Waals surface area contributed by atoms with Gasteiger partial charge in [0.15, 0.2) is 5.82 Å². The van der Waals surface area contributed by atoms with Crippen molar-refractivity contribution >= 4 is 11.8 Å². The molecular weight excluding hydrogens is 222 g/mol. The Hall–Kier alpha value is -0.550. The van der Waals surface area contributed by atoms with Crippen molar-refractivity contribution in [1.29, 1.82) is 0 Å². The van der Waals surface area contributed by atoms with Gasteiger partial charge in [-0.3, -0.25) is 0 Å². The van der Waals surface area contributed by atoms with Crippen LogP contribution < -0.4 is 5.32 Å². The van der Waals surface area contributed by atoms with Gasteiger partial charge in [-0.2, -0.15) is 16.7 Å². The molecule has 1 saturated carbocycles. The van der Waals surface area contributed by atoms with Gasteiger partial charge in [0.25, 0.3) is 0 Å². The SMILES string of the molecule is CC(C)CSCc1noc(CNC2CC2)n1. The number of nitrogens with one attached hydrogen (secondary N) is 1. The van der Waals surface area contributed by atoms with Crippen LogP contribution in [0.15, 0.2) is 4.52 Å². The first-order valence-electron chi connectivity index (χ1n) is 5.86. The highest BCUT2D eigenvalue weighted by Gasteiger charge is 2.21. The van der Waals surface area contributed by atoms with Gasteiger partial charge in [-0.25, -0.2) is 0 Å². The Morgan fingerprint density at radius 3 is 3.00 bits per heavy atom. The molecule has 0 radical (unpaired) electrons. The second-order valence-corrected chi connectivity index (χ2v) is 5.70. The fraction of sp³-hybridized carbons (Fsp3) is 0.818. The number of thioether (sulfide) groups is 1. The molecule has 0 unspecified atom stereocenters. The van der Waals surface area contributed by atoms with Crippen LogP contribution in [0, 0.1) is 5.92 Å². The first-order valence-corrected chi connectivity index (χ1v) is 7.02. The van der Waals surface area contributed by atoms with Gasteiger partial charge in [0.2, 0.25) is 5.89 Å². The fourth-order valence-electron chi connectivity index (χ4n) is 1.33. The second-order valence-electron chi connectivity index (χ2n) is 4.67. The lowest BCUT2D eigenvalue weighted by Crippen LogP contribution is -2.15. The Labute approximate surface area is 101 Å². The lowest BCUT2D eigenvalue weighted by molar-refractivity contribution is 0.363. The summed E-state index contributed by atoms with van der Waals surface area (Å²) in [6.45, 7) is 5.15. The maximum atomic E-state index is 5.16. The van der Waals surface area contributed by atoms with Gasteiger partial charge in [0, 0.05) is 6.04 Å². The fourth-order valence-corrected chi connectivity index (χ4v) is 2.21. The molecule has 2 rings (SSSR count). The van der Waals surface area contributed by atoms with Gasteiger partial charge in [-0.15, -0.1) is 0 Å². The average molecular weight is 241 g/mol. The lowest BCUT2D eigenvalue weighted by atomic mass is 10.3. The predicted molar refractivity (Wildman–Crippen MR) is 65.2 cm³/mol. The van der Waals surface area contributed by atoms with Gasteiger partial charge < -0.3 is 9.84 Å². The van der Waals surface area contributed by atoms with Crippen molar-refractivity contribution in [3.05, 3.63) is 11.7 Å². The van der Waals surface area contributed by atoms with Crippen molar-refractivity contribution in [1.82, 2.24) is 15.5 Å². The van der Waals surface area contributed by atoms with Crippen LogP contribution in [0.25, 0.3) is 0 Å². The molecule has 0 bridgehead atoms. The highest BCUT2D eigenvalue weighted by Crippen LogP contribution is 2.19. The molecule has 0 atom stereocenters. The van der Waals surface area contributed by atoms with Gasteiger partial charge in [-0.05, 0) is 24.5 Å². The summed E-state index contributed by atoms with van der Waals surface area (Å²) < 4.78 is 5.16. The molecule has 4 nitrogen and oxygen atoms in total. The van der Waals surface area contributed by atoms with Gasteiger partial charge in [0.1, 0.15) is 0 Å². The Balaban J connectivity index is 1.68.